The Balaban J connectivity index is 1.64. The molecule has 0 spiro atoms. The zero-order valence-corrected chi connectivity index (χ0v) is 12.8. The van der Waals surface area contributed by atoms with E-state index in [0.717, 1.165) is 25.7 Å². The molecule has 3 fully saturated rings. The Hall–Kier alpha value is -1.56. The van der Waals surface area contributed by atoms with Gasteiger partial charge < -0.3 is 20.1 Å². The highest BCUT2D eigenvalue weighted by atomic mass is 16.5. The van der Waals surface area contributed by atoms with Crippen LogP contribution in [0.2, 0.25) is 0 Å². The Labute approximate surface area is 130 Å². The van der Waals surface area contributed by atoms with Crippen LogP contribution in [-0.2, 0) is 9.53 Å². The van der Waals surface area contributed by atoms with E-state index in [1.165, 1.54) is 0 Å². The molecule has 2 amide bonds. The van der Waals surface area contributed by atoms with Crippen LogP contribution in [0.1, 0.15) is 32.1 Å². The van der Waals surface area contributed by atoms with E-state index in [9.17, 15) is 14.7 Å². The van der Waals surface area contributed by atoms with Gasteiger partial charge in [-0.2, -0.15) is 0 Å². The highest BCUT2D eigenvalue weighted by molar-refractivity contribution is 5.80. The Kier molecular flexibility index (Phi) is 4.12. The number of aliphatic carboxylic acids is 1. The summed E-state index contributed by atoms with van der Waals surface area (Å²) in [5.74, 6) is -0.663. The van der Waals surface area contributed by atoms with E-state index in [1.807, 2.05) is 0 Å². The van der Waals surface area contributed by atoms with Crippen LogP contribution in [-0.4, -0.2) is 53.8 Å². The standard InChI is InChI=1S/C16H24N2O4/c1-2-13-12(6-4-8-22-13)17-15(21)18-9-11-5-3-7-16(11,10-18)14(19)20/h2,11-13H,1,3-10H2,(H,17,21)(H,19,20)/t11-,12+,13-,16+/m0/s1. The van der Waals surface area contributed by atoms with E-state index in [-0.39, 0.29) is 24.1 Å². The number of likely N-dealkylation sites (tertiary alicyclic amines) is 1. The molecule has 0 unspecified atom stereocenters. The fraction of sp³-hybridized carbons (Fsp3) is 0.750. The van der Waals surface area contributed by atoms with Gasteiger partial charge in [0.05, 0.1) is 17.6 Å². The average molecular weight is 308 g/mol. The molecule has 0 aromatic heterocycles. The molecule has 0 aromatic rings. The van der Waals surface area contributed by atoms with Crippen LogP contribution in [0.5, 0.6) is 0 Å². The van der Waals surface area contributed by atoms with Gasteiger partial charge in [-0.15, -0.1) is 6.58 Å². The lowest BCUT2D eigenvalue weighted by molar-refractivity contribution is -0.149. The summed E-state index contributed by atoms with van der Waals surface area (Å²) >= 11 is 0. The van der Waals surface area contributed by atoms with E-state index >= 15 is 0 Å². The highest BCUT2D eigenvalue weighted by Gasteiger charge is 2.56. The SMILES string of the molecule is C=C[C@@H]1OCCC[C@H]1NC(=O)N1C[C@@H]2CCC[C@@]2(C(=O)O)C1. The number of rotatable bonds is 3. The fourth-order valence-corrected chi connectivity index (χ4v) is 4.23. The van der Waals surface area contributed by atoms with Crippen molar-refractivity contribution in [3.63, 3.8) is 0 Å². The number of carbonyl (C=O) groups excluding carboxylic acids is 1. The number of nitrogens with zero attached hydrogens (tertiary/aromatic N) is 1. The van der Waals surface area contributed by atoms with E-state index in [0.29, 0.717) is 26.1 Å². The molecule has 22 heavy (non-hydrogen) atoms. The van der Waals surface area contributed by atoms with E-state index in [2.05, 4.69) is 11.9 Å². The van der Waals surface area contributed by atoms with Crippen molar-refractivity contribution in [1.29, 1.82) is 0 Å². The number of nitrogens with one attached hydrogen (secondary N) is 1. The third kappa shape index (κ3) is 2.49. The lowest BCUT2D eigenvalue weighted by Gasteiger charge is -2.32. The zero-order valence-electron chi connectivity index (χ0n) is 12.8. The maximum absolute atomic E-state index is 12.5. The quantitative estimate of drug-likeness (QED) is 0.777. The Morgan fingerprint density at radius 1 is 1.36 bits per heavy atom. The van der Waals surface area contributed by atoms with Crippen LogP contribution < -0.4 is 5.32 Å². The molecule has 4 atom stereocenters. The smallest absolute Gasteiger partial charge is 0.317 e. The molecule has 0 bridgehead atoms. The second-order valence-corrected chi connectivity index (χ2v) is 6.70. The molecule has 6 nitrogen and oxygen atoms in total. The number of hydrogen-bond acceptors (Lipinski definition) is 3. The first-order chi connectivity index (χ1) is 10.6. The van der Waals surface area contributed by atoms with Gasteiger partial charge in [0.15, 0.2) is 0 Å². The largest absolute Gasteiger partial charge is 0.481 e. The van der Waals surface area contributed by atoms with Crippen molar-refractivity contribution in [3.8, 4) is 0 Å². The molecule has 3 aliphatic rings. The molecular weight excluding hydrogens is 284 g/mol. The van der Waals surface area contributed by atoms with Gasteiger partial charge in [-0.25, -0.2) is 4.79 Å². The van der Waals surface area contributed by atoms with Crippen molar-refractivity contribution in [3.05, 3.63) is 12.7 Å². The topological polar surface area (TPSA) is 78.9 Å². The molecule has 1 saturated carbocycles. The third-order valence-electron chi connectivity index (χ3n) is 5.49. The second kappa shape index (κ2) is 5.91. The molecule has 2 heterocycles. The van der Waals surface area contributed by atoms with Gasteiger partial charge in [-0.3, -0.25) is 4.79 Å². The molecule has 6 heteroatoms. The first-order valence-electron chi connectivity index (χ1n) is 8.10. The predicted molar refractivity (Wildman–Crippen MR) is 80.5 cm³/mol. The second-order valence-electron chi connectivity index (χ2n) is 6.70. The Morgan fingerprint density at radius 3 is 2.86 bits per heavy atom. The number of amides is 2. The van der Waals surface area contributed by atoms with Crippen molar-refractivity contribution in [2.45, 2.75) is 44.2 Å². The van der Waals surface area contributed by atoms with Gasteiger partial charge in [0.2, 0.25) is 0 Å². The zero-order chi connectivity index (χ0) is 15.7. The molecule has 122 valence electrons. The third-order valence-corrected chi connectivity index (χ3v) is 5.49. The lowest BCUT2D eigenvalue weighted by atomic mass is 9.81. The molecule has 1 aliphatic carbocycles. The van der Waals surface area contributed by atoms with Gasteiger partial charge in [0.25, 0.3) is 0 Å². The van der Waals surface area contributed by atoms with Gasteiger partial charge in [-0.1, -0.05) is 12.5 Å². The normalized spacial score (nSPS) is 37.6. The number of hydrogen-bond donors (Lipinski definition) is 2. The van der Waals surface area contributed by atoms with Crippen molar-refractivity contribution in [2.24, 2.45) is 11.3 Å². The number of carboxylic acids is 1. The molecule has 3 rings (SSSR count). The summed E-state index contributed by atoms with van der Waals surface area (Å²) in [7, 11) is 0. The maximum atomic E-state index is 12.5. The van der Waals surface area contributed by atoms with Crippen molar-refractivity contribution in [2.75, 3.05) is 19.7 Å². The molecule has 0 radical (unpaired) electrons. The van der Waals surface area contributed by atoms with Crippen LogP contribution in [0.3, 0.4) is 0 Å². The van der Waals surface area contributed by atoms with Crippen molar-refractivity contribution in [1.82, 2.24) is 10.2 Å². The summed E-state index contributed by atoms with van der Waals surface area (Å²) in [6, 6.07) is -0.239. The summed E-state index contributed by atoms with van der Waals surface area (Å²) in [4.78, 5) is 25.8. The fourth-order valence-electron chi connectivity index (χ4n) is 4.23. The monoisotopic (exact) mass is 308 g/mol. The summed E-state index contributed by atoms with van der Waals surface area (Å²) in [6.45, 7) is 5.31. The summed E-state index contributed by atoms with van der Waals surface area (Å²) in [5.41, 5.74) is -0.724. The number of ether oxygens (including phenoxy) is 1. The predicted octanol–water partition coefficient (Wildman–Crippen LogP) is 1.62. The molecular formula is C16H24N2O4. The number of carboxylic acid groups (broad SMARTS) is 1. The van der Waals surface area contributed by atoms with Crippen LogP contribution in [0.25, 0.3) is 0 Å². The van der Waals surface area contributed by atoms with E-state index < -0.39 is 11.4 Å². The molecule has 2 saturated heterocycles. The lowest BCUT2D eigenvalue weighted by Crippen LogP contribution is -2.51. The van der Waals surface area contributed by atoms with Gasteiger partial charge >= 0.3 is 12.0 Å². The minimum atomic E-state index is -0.754. The highest BCUT2D eigenvalue weighted by Crippen LogP contribution is 2.48. The number of urea groups is 1. The van der Waals surface area contributed by atoms with Gasteiger partial charge in [0.1, 0.15) is 0 Å². The van der Waals surface area contributed by atoms with Crippen LogP contribution in [0.4, 0.5) is 4.79 Å². The first-order valence-corrected chi connectivity index (χ1v) is 8.10. The first kappa shape index (κ1) is 15.3. The van der Waals surface area contributed by atoms with Crippen molar-refractivity contribution < 1.29 is 19.4 Å². The minimum Gasteiger partial charge on any atom is -0.481 e. The van der Waals surface area contributed by atoms with Crippen LogP contribution in [0.15, 0.2) is 12.7 Å². The summed E-state index contributed by atoms with van der Waals surface area (Å²) in [5, 5.41) is 12.6. The summed E-state index contributed by atoms with van der Waals surface area (Å²) in [6.07, 6.45) is 5.87. The van der Waals surface area contributed by atoms with E-state index in [4.69, 9.17) is 4.74 Å². The number of carbonyl (C=O) groups is 2. The van der Waals surface area contributed by atoms with E-state index in [1.54, 1.807) is 11.0 Å². The molecule has 2 N–H and O–H groups in total. The minimum absolute atomic E-state index is 0.0695. The van der Waals surface area contributed by atoms with Gasteiger partial charge in [-0.05, 0) is 31.6 Å². The molecule has 2 aliphatic heterocycles. The van der Waals surface area contributed by atoms with Crippen LogP contribution in [0, 0.1) is 11.3 Å². The molecule has 0 aromatic carbocycles. The van der Waals surface area contributed by atoms with Crippen molar-refractivity contribution >= 4 is 12.0 Å². The van der Waals surface area contributed by atoms with Gasteiger partial charge in [0, 0.05) is 19.7 Å². The Morgan fingerprint density at radius 2 is 2.18 bits per heavy atom. The Bertz CT molecular complexity index is 481. The van der Waals surface area contributed by atoms with Crippen LogP contribution >= 0.6 is 0 Å². The summed E-state index contributed by atoms with van der Waals surface area (Å²) < 4.78 is 5.59. The maximum Gasteiger partial charge on any atom is 0.317 e. The average Bonchev–Trinajstić information content (AvgIpc) is 3.05. The number of fused-ring (bicyclic) bond motifs is 1.